The Morgan fingerprint density at radius 2 is 1.75 bits per heavy atom. The van der Waals surface area contributed by atoms with E-state index in [4.69, 9.17) is 9.47 Å². The first kappa shape index (κ1) is 18.6. The predicted octanol–water partition coefficient (Wildman–Crippen LogP) is 2.51. The van der Waals surface area contributed by atoms with Crippen molar-refractivity contribution < 1.29 is 17.9 Å². The van der Waals surface area contributed by atoms with Crippen LogP contribution in [0.3, 0.4) is 0 Å². The molecule has 0 aliphatic rings. The summed E-state index contributed by atoms with van der Waals surface area (Å²) in [6.07, 6.45) is 1.38. The fraction of sp³-hybridized carbons (Fsp3) is 0.312. The van der Waals surface area contributed by atoms with Gasteiger partial charge in [-0.1, -0.05) is 0 Å². The van der Waals surface area contributed by atoms with Crippen molar-refractivity contribution in [2.45, 2.75) is 9.92 Å². The molecule has 0 saturated heterocycles. The van der Waals surface area contributed by atoms with Crippen LogP contribution in [0.2, 0.25) is 0 Å². The van der Waals surface area contributed by atoms with Gasteiger partial charge in [-0.05, 0) is 36.4 Å². The van der Waals surface area contributed by atoms with Crippen molar-refractivity contribution in [3.8, 4) is 11.5 Å². The lowest BCUT2D eigenvalue weighted by molar-refractivity contribution is 0.342. The van der Waals surface area contributed by atoms with Gasteiger partial charge in [0.05, 0.1) is 18.7 Å². The number of pyridine rings is 1. The number of thioether (sulfide) groups is 1. The summed E-state index contributed by atoms with van der Waals surface area (Å²) in [5.41, 5.74) is 0. The van der Waals surface area contributed by atoms with Crippen LogP contribution in [-0.2, 0) is 10.0 Å². The third-order valence-corrected chi connectivity index (χ3v) is 5.86. The molecule has 0 aliphatic heterocycles. The Morgan fingerprint density at radius 3 is 2.29 bits per heavy atom. The van der Waals surface area contributed by atoms with E-state index in [1.54, 1.807) is 19.2 Å². The normalized spacial score (nSPS) is 11.5. The minimum absolute atomic E-state index is 0.186. The largest absolute Gasteiger partial charge is 0.497 e. The number of sulfonamides is 1. The molecule has 0 spiro atoms. The van der Waals surface area contributed by atoms with E-state index in [0.29, 0.717) is 12.4 Å². The van der Waals surface area contributed by atoms with Crippen LogP contribution in [0.15, 0.2) is 52.5 Å². The van der Waals surface area contributed by atoms with E-state index in [-0.39, 0.29) is 4.90 Å². The number of rotatable bonds is 8. The zero-order chi connectivity index (χ0) is 17.6. The van der Waals surface area contributed by atoms with E-state index in [0.717, 1.165) is 16.5 Å². The monoisotopic (exact) mass is 368 g/mol. The third-order valence-electron chi connectivity index (χ3n) is 3.15. The summed E-state index contributed by atoms with van der Waals surface area (Å²) in [6, 6.07) is 10.6. The fourth-order valence-corrected chi connectivity index (χ4v) is 3.31. The fourth-order valence-electron chi connectivity index (χ4n) is 1.79. The van der Waals surface area contributed by atoms with E-state index in [9.17, 15) is 8.42 Å². The summed E-state index contributed by atoms with van der Waals surface area (Å²) in [5, 5.41) is 0.756. The number of methoxy groups -OCH3 is 1. The van der Waals surface area contributed by atoms with Crippen LogP contribution in [0, 0.1) is 0 Å². The van der Waals surface area contributed by atoms with Gasteiger partial charge in [0, 0.05) is 26.0 Å². The molecule has 0 bridgehead atoms. The average Bonchev–Trinajstić information content (AvgIpc) is 2.59. The predicted molar refractivity (Wildman–Crippen MR) is 94.3 cm³/mol. The molecule has 2 rings (SSSR count). The van der Waals surface area contributed by atoms with Gasteiger partial charge in [-0.25, -0.2) is 17.7 Å². The highest BCUT2D eigenvalue weighted by atomic mass is 32.2. The number of hydrogen-bond acceptors (Lipinski definition) is 6. The van der Waals surface area contributed by atoms with Gasteiger partial charge in [-0.2, -0.15) is 0 Å². The first-order valence-electron chi connectivity index (χ1n) is 7.21. The third kappa shape index (κ3) is 4.86. The van der Waals surface area contributed by atoms with Crippen molar-refractivity contribution in [3.05, 3.63) is 42.6 Å². The van der Waals surface area contributed by atoms with Gasteiger partial charge < -0.3 is 9.47 Å². The molecule has 0 fully saturated rings. The maximum absolute atomic E-state index is 12.0. The van der Waals surface area contributed by atoms with Crippen LogP contribution in [0.5, 0.6) is 11.5 Å². The van der Waals surface area contributed by atoms with Gasteiger partial charge in [0.2, 0.25) is 10.0 Å². The molecule has 2 aromatic rings. The lowest BCUT2D eigenvalue weighted by Crippen LogP contribution is -2.22. The second kappa shape index (κ2) is 8.36. The number of benzene rings is 1. The van der Waals surface area contributed by atoms with Crippen LogP contribution in [0.4, 0.5) is 0 Å². The molecule has 0 radical (unpaired) electrons. The zero-order valence-corrected chi connectivity index (χ0v) is 15.4. The summed E-state index contributed by atoms with van der Waals surface area (Å²) >= 11 is 1.51. The Labute approximate surface area is 146 Å². The molecule has 0 amide bonds. The molecule has 1 aromatic heterocycles. The van der Waals surface area contributed by atoms with Gasteiger partial charge in [0.25, 0.3) is 0 Å². The Balaban J connectivity index is 1.82. The Kier molecular flexibility index (Phi) is 6.47. The molecule has 6 nitrogen and oxygen atoms in total. The van der Waals surface area contributed by atoms with E-state index < -0.39 is 10.0 Å². The van der Waals surface area contributed by atoms with Crippen LogP contribution in [-0.4, -0.2) is 51.3 Å². The van der Waals surface area contributed by atoms with E-state index >= 15 is 0 Å². The van der Waals surface area contributed by atoms with Gasteiger partial charge >= 0.3 is 0 Å². The molecule has 0 atom stereocenters. The van der Waals surface area contributed by atoms with Crippen molar-refractivity contribution in [2.24, 2.45) is 0 Å². The Hall–Kier alpha value is -1.77. The molecule has 1 heterocycles. The molecule has 0 aliphatic carbocycles. The van der Waals surface area contributed by atoms with Crippen molar-refractivity contribution in [1.29, 1.82) is 0 Å². The Bertz CT molecular complexity index is 745. The second-order valence-electron chi connectivity index (χ2n) is 4.99. The zero-order valence-electron chi connectivity index (χ0n) is 13.8. The maximum atomic E-state index is 12.0. The summed E-state index contributed by atoms with van der Waals surface area (Å²) < 4.78 is 35.8. The second-order valence-corrected chi connectivity index (χ2v) is 8.26. The summed E-state index contributed by atoms with van der Waals surface area (Å²) in [6.45, 7) is 0.524. The topological polar surface area (TPSA) is 68.7 Å². The highest BCUT2D eigenvalue weighted by Crippen LogP contribution is 2.20. The first-order valence-corrected chi connectivity index (χ1v) is 9.64. The molecule has 0 unspecified atom stereocenters. The highest BCUT2D eigenvalue weighted by Gasteiger charge is 2.17. The van der Waals surface area contributed by atoms with Crippen LogP contribution in [0.25, 0.3) is 0 Å². The minimum Gasteiger partial charge on any atom is -0.497 e. The molecule has 0 saturated carbocycles. The summed E-state index contributed by atoms with van der Waals surface area (Å²) in [5.74, 6) is 2.27. The standard InChI is InChI=1S/C16H20N2O4S2/c1-18(2)24(19,20)15-8-9-16(17-12-15)23-11-10-22-14-6-4-13(21-3)5-7-14/h4-9,12H,10-11H2,1-3H3. The number of ether oxygens (including phenoxy) is 2. The maximum Gasteiger partial charge on any atom is 0.244 e. The van der Waals surface area contributed by atoms with E-state index in [1.165, 1.54) is 36.4 Å². The van der Waals surface area contributed by atoms with E-state index in [2.05, 4.69) is 4.98 Å². The average molecular weight is 368 g/mol. The van der Waals surface area contributed by atoms with Gasteiger partial charge in [0.15, 0.2) is 0 Å². The lowest BCUT2D eigenvalue weighted by atomic mass is 10.3. The van der Waals surface area contributed by atoms with Crippen LogP contribution >= 0.6 is 11.8 Å². The van der Waals surface area contributed by atoms with Crippen LogP contribution < -0.4 is 9.47 Å². The van der Waals surface area contributed by atoms with Crippen molar-refractivity contribution >= 4 is 21.8 Å². The molecular weight excluding hydrogens is 348 g/mol. The van der Waals surface area contributed by atoms with Gasteiger partial charge in [-0.15, -0.1) is 11.8 Å². The van der Waals surface area contributed by atoms with Gasteiger partial charge in [0.1, 0.15) is 16.4 Å². The molecule has 24 heavy (non-hydrogen) atoms. The summed E-state index contributed by atoms with van der Waals surface area (Å²) in [7, 11) is 1.17. The molecule has 8 heteroatoms. The molecular formula is C16H20N2O4S2. The van der Waals surface area contributed by atoms with Crippen molar-refractivity contribution in [3.63, 3.8) is 0 Å². The highest BCUT2D eigenvalue weighted by molar-refractivity contribution is 7.99. The Morgan fingerprint density at radius 1 is 1.08 bits per heavy atom. The minimum atomic E-state index is -3.43. The SMILES string of the molecule is COc1ccc(OCCSc2ccc(S(=O)(=O)N(C)C)cn2)cc1. The number of nitrogens with zero attached hydrogens (tertiary/aromatic N) is 2. The lowest BCUT2D eigenvalue weighted by Gasteiger charge is -2.11. The number of hydrogen-bond donors (Lipinski definition) is 0. The number of aromatic nitrogens is 1. The van der Waals surface area contributed by atoms with Crippen molar-refractivity contribution in [1.82, 2.24) is 9.29 Å². The molecule has 0 N–H and O–H groups in total. The first-order chi connectivity index (χ1) is 11.4. The van der Waals surface area contributed by atoms with Gasteiger partial charge in [-0.3, -0.25) is 0 Å². The smallest absolute Gasteiger partial charge is 0.244 e. The van der Waals surface area contributed by atoms with Crippen molar-refractivity contribution in [2.75, 3.05) is 33.6 Å². The summed E-state index contributed by atoms with van der Waals surface area (Å²) in [4.78, 5) is 4.37. The quantitative estimate of drug-likeness (QED) is 0.527. The molecule has 130 valence electrons. The van der Waals surface area contributed by atoms with E-state index in [1.807, 2.05) is 24.3 Å². The van der Waals surface area contributed by atoms with Crippen LogP contribution in [0.1, 0.15) is 0 Å². The molecule has 1 aromatic carbocycles.